The van der Waals surface area contributed by atoms with Gasteiger partial charge in [-0.1, -0.05) is 30.3 Å². The zero-order chi connectivity index (χ0) is 15.3. The van der Waals surface area contributed by atoms with Crippen LogP contribution < -0.4 is 4.83 Å². The van der Waals surface area contributed by atoms with E-state index in [0.29, 0.717) is 11.3 Å². The van der Waals surface area contributed by atoms with Gasteiger partial charge in [0.05, 0.1) is 22.2 Å². The number of rotatable bonds is 4. The highest BCUT2D eigenvalue weighted by Gasteiger charge is 2.11. The number of nitriles is 1. The molecule has 0 radical (unpaired) electrons. The van der Waals surface area contributed by atoms with Crippen molar-refractivity contribution in [3.63, 3.8) is 0 Å². The normalized spacial score (nSPS) is 11.7. The van der Waals surface area contributed by atoms with Crippen molar-refractivity contribution >= 4 is 15.7 Å². The van der Waals surface area contributed by atoms with Crippen LogP contribution in [-0.4, -0.2) is 14.1 Å². The summed E-state index contributed by atoms with van der Waals surface area (Å²) in [5.74, 6) is 0. The number of nitrogens with zero attached hydrogens (tertiary/aromatic N) is 2. The minimum absolute atomic E-state index is 0.154. The van der Waals surface area contributed by atoms with Crippen molar-refractivity contribution in [1.29, 1.82) is 5.26 Å². The Kier molecular flexibility index (Phi) is 4.36. The van der Waals surface area contributed by atoms with Gasteiger partial charge in [-0.05, 0) is 36.8 Å². The van der Waals surface area contributed by atoms with Crippen molar-refractivity contribution in [3.05, 3.63) is 65.7 Å². The van der Waals surface area contributed by atoms with Gasteiger partial charge in [0.25, 0.3) is 10.0 Å². The van der Waals surface area contributed by atoms with Crippen LogP contribution in [0.15, 0.2) is 64.6 Å². The fraction of sp³-hybridized carbons (Fsp3) is 0.0667. The number of sulfonamides is 1. The Bertz CT molecular complexity index is 789. The Balaban J connectivity index is 2.18. The fourth-order valence-corrected chi connectivity index (χ4v) is 2.51. The summed E-state index contributed by atoms with van der Waals surface area (Å²) < 4.78 is 24.0. The van der Waals surface area contributed by atoms with E-state index >= 15 is 0 Å². The Morgan fingerprint density at radius 2 is 1.71 bits per heavy atom. The smallest absolute Gasteiger partial charge is 0.200 e. The van der Waals surface area contributed by atoms with Crippen LogP contribution in [0, 0.1) is 11.3 Å². The minimum atomic E-state index is -3.67. The molecular formula is C15H13N3O2S. The maximum Gasteiger partial charge on any atom is 0.276 e. The van der Waals surface area contributed by atoms with Gasteiger partial charge in [-0.25, -0.2) is 0 Å². The van der Waals surface area contributed by atoms with Crippen molar-refractivity contribution in [3.8, 4) is 6.07 Å². The van der Waals surface area contributed by atoms with Crippen LogP contribution in [0.4, 0.5) is 0 Å². The molecule has 0 aliphatic rings. The van der Waals surface area contributed by atoms with Gasteiger partial charge in [-0.2, -0.15) is 23.6 Å². The summed E-state index contributed by atoms with van der Waals surface area (Å²) in [4.78, 5) is 2.35. The van der Waals surface area contributed by atoms with Crippen molar-refractivity contribution in [2.75, 3.05) is 0 Å². The molecule has 5 nitrogen and oxygen atoms in total. The Labute approximate surface area is 123 Å². The van der Waals surface area contributed by atoms with E-state index in [1.54, 1.807) is 49.4 Å². The lowest BCUT2D eigenvalue weighted by Crippen LogP contribution is -2.19. The first kappa shape index (κ1) is 14.8. The molecule has 0 amide bonds. The van der Waals surface area contributed by atoms with E-state index in [4.69, 9.17) is 5.26 Å². The van der Waals surface area contributed by atoms with E-state index < -0.39 is 10.0 Å². The first-order valence-electron chi connectivity index (χ1n) is 6.14. The zero-order valence-electron chi connectivity index (χ0n) is 11.3. The highest BCUT2D eigenvalue weighted by atomic mass is 32.2. The molecule has 0 spiro atoms. The van der Waals surface area contributed by atoms with Gasteiger partial charge in [-0.3, -0.25) is 0 Å². The summed E-state index contributed by atoms with van der Waals surface area (Å²) in [6.45, 7) is 1.69. The van der Waals surface area contributed by atoms with Crippen molar-refractivity contribution in [2.24, 2.45) is 5.10 Å². The highest BCUT2D eigenvalue weighted by Crippen LogP contribution is 2.08. The van der Waals surface area contributed by atoms with Crippen molar-refractivity contribution < 1.29 is 8.42 Å². The first-order chi connectivity index (χ1) is 10.0. The van der Waals surface area contributed by atoms with E-state index in [9.17, 15) is 8.42 Å². The second-order valence-corrected chi connectivity index (χ2v) is 5.95. The van der Waals surface area contributed by atoms with Crippen LogP contribution in [0.25, 0.3) is 0 Å². The van der Waals surface area contributed by atoms with E-state index in [2.05, 4.69) is 9.93 Å². The predicted molar refractivity (Wildman–Crippen MR) is 80.1 cm³/mol. The number of nitrogens with one attached hydrogen (secondary N) is 1. The number of benzene rings is 2. The molecule has 0 heterocycles. The maximum absolute atomic E-state index is 12.0. The minimum Gasteiger partial charge on any atom is -0.200 e. The van der Waals surface area contributed by atoms with Crippen LogP contribution in [0.3, 0.4) is 0 Å². The summed E-state index contributed by atoms with van der Waals surface area (Å²) in [5, 5.41) is 12.6. The lowest BCUT2D eigenvalue weighted by Gasteiger charge is -2.05. The molecule has 0 aromatic heterocycles. The SMILES string of the molecule is C/C(=N/NS(=O)(=O)c1ccccc1)c1ccc(C#N)cc1. The summed E-state index contributed by atoms with van der Waals surface area (Å²) in [6, 6.07) is 16.8. The van der Waals surface area contributed by atoms with Gasteiger partial charge >= 0.3 is 0 Å². The molecule has 106 valence electrons. The molecule has 0 unspecified atom stereocenters. The molecule has 21 heavy (non-hydrogen) atoms. The third kappa shape index (κ3) is 3.68. The summed E-state index contributed by atoms with van der Waals surface area (Å²) >= 11 is 0. The van der Waals surface area contributed by atoms with Crippen LogP contribution in [0.5, 0.6) is 0 Å². The summed E-state index contributed by atoms with van der Waals surface area (Å²) in [7, 11) is -3.67. The molecule has 2 aromatic rings. The van der Waals surface area contributed by atoms with E-state index in [1.165, 1.54) is 12.1 Å². The molecule has 0 atom stereocenters. The molecule has 0 saturated carbocycles. The van der Waals surface area contributed by atoms with Gasteiger partial charge in [-0.15, -0.1) is 0 Å². The standard InChI is InChI=1S/C15H13N3O2S/c1-12(14-9-7-13(11-16)8-10-14)17-18-21(19,20)15-5-3-2-4-6-15/h2-10,18H,1H3/b17-12-. The molecular weight excluding hydrogens is 286 g/mol. The highest BCUT2D eigenvalue weighted by molar-refractivity contribution is 7.89. The van der Waals surface area contributed by atoms with E-state index in [-0.39, 0.29) is 4.90 Å². The maximum atomic E-state index is 12.0. The van der Waals surface area contributed by atoms with Crippen LogP contribution in [0.2, 0.25) is 0 Å². The predicted octanol–water partition coefficient (Wildman–Crippen LogP) is 2.26. The number of hydrogen-bond acceptors (Lipinski definition) is 4. The monoisotopic (exact) mass is 299 g/mol. The molecule has 0 bridgehead atoms. The lowest BCUT2D eigenvalue weighted by molar-refractivity contribution is 0.584. The Hall–Kier alpha value is -2.65. The van der Waals surface area contributed by atoms with Gasteiger partial charge in [0.1, 0.15) is 0 Å². The summed E-state index contributed by atoms with van der Waals surface area (Å²) in [6.07, 6.45) is 0. The Morgan fingerprint density at radius 3 is 2.29 bits per heavy atom. The van der Waals surface area contributed by atoms with Gasteiger partial charge in [0, 0.05) is 0 Å². The second-order valence-electron chi connectivity index (χ2n) is 4.29. The van der Waals surface area contributed by atoms with Crippen molar-refractivity contribution in [2.45, 2.75) is 11.8 Å². The van der Waals surface area contributed by atoms with Crippen LogP contribution in [-0.2, 0) is 10.0 Å². The van der Waals surface area contributed by atoms with Gasteiger partial charge < -0.3 is 0 Å². The fourth-order valence-electron chi connectivity index (χ4n) is 1.63. The molecule has 2 aromatic carbocycles. The van der Waals surface area contributed by atoms with Crippen molar-refractivity contribution in [1.82, 2.24) is 4.83 Å². The van der Waals surface area contributed by atoms with E-state index in [1.807, 2.05) is 6.07 Å². The van der Waals surface area contributed by atoms with E-state index in [0.717, 1.165) is 5.56 Å². The van der Waals surface area contributed by atoms with Crippen LogP contribution >= 0.6 is 0 Å². The third-order valence-corrected chi connectivity index (χ3v) is 4.04. The number of hydrazone groups is 1. The molecule has 6 heteroatoms. The molecule has 1 N–H and O–H groups in total. The average Bonchev–Trinajstić information content (AvgIpc) is 2.53. The largest absolute Gasteiger partial charge is 0.276 e. The van der Waals surface area contributed by atoms with Gasteiger partial charge in [0.2, 0.25) is 0 Å². The summed E-state index contributed by atoms with van der Waals surface area (Å²) in [5.41, 5.74) is 1.79. The molecule has 0 aliphatic carbocycles. The molecule has 0 aliphatic heterocycles. The zero-order valence-corrected chi connectivity index (χ0v) is 12.1. The molecule has 0 saturated heterocycles. The molecule has 0 fully saturated rings. The Morgan fingerprint density at radius 1 is 1.10 bits per heavy atom. The topological polar surface area (TPSA) is 82.3 Å². The number of hydrogen-bond donors (Lipinski definition) is 1. The quantitative estimate of drug-likeness (QED) is 0.694. The van der Waals surface area contributed by atoms with Crippen LogP contribution in [0.1, 0.15) is 18.1 Å². The first-order valence-corrected chi connectivity index (χ1v) is 7.63. The van der Waals surface area contributed by atoms with Gasteiger partial charge in [0.15, 0.2) is 0 Å². The second kappa shape index (κ2) is 6.20. The average molecular weight is 299 g/mol. The lowest BCUT2D eigenvalue weighted by atomic mass is 10.1. The molecule has 2 rings (SSSR count). The third-order valence-electron chi connectivity index (χ3n) is 2.82.